The highest BCUT2D eigenvalue weighted by Gasteiger charge is 2.13. The molecule has 1 unspecified atom stereocenters. The molecule has 1 rings (SSSR count). The van der Waals surface area contributed by atoms with Gasteiger partial charge < -0.3 is 0 Å². The van der Waals surface area contributed by atoms with Crippen LogP contribution in [0.5, 0.6) is 0 Å². The van der Waals surface area contributed by atoms with Gasteiger partial charge in [-0.25, -0.2) is 4.39 Å². The minimum absolute atomic E-state index is 0.163. The lowest BCUT2D eigenvalue weighted by Crippen LogP contribution is -2.28. The molecule has 0 fully saturated rings. The fourth-order valence-corrected chi connectivity index (χ4v) is 1.70. The van der Waals surface area contributed by atoms with Crippen LogP contribution >= 0.6 is 11.6 Å². The molecule has 84 valence electrons. The van der Waals surface area contributed by atoms with Gasteiger partial charge in [-0.1, -0.05) is 31.4 Å². The number of hydrogen-bond acceptors (Lipinski definition) is 2. The first kappa shape index (κ1) is 12.4. The highest BCUT2D eigenvalue weighted by molar-refractivity contribution is 6.30. The third-order valence-corrected chi connectivity index (χ3v) is 2.62. The molecule has 0 saturated heterocycles. The smallest absolute Gasteiger partial charge is 0.128 e. The molecule has 15 heavy (non-hydrogen) atoms. The van der Waals surface area contributed by atoms with Crippen LogP contribution in [0.3, 0.4) is 0 Å². The molecule has 0 radical (unpaired) electrons. The van der Waals surface area contributed by atoms with Gasteiger partial charge in [-0.15, -0.1) is 0 Å². The van der Waals surface area contributed by atoms with Gasteiger partial charge in [0.1, 0.15) is 5.82 Å². The van der Waals surface area contributed by atoms with Crippen molar-refractivity contribution < 1.29 is 4.39 Å². The second-order valence-corrected chi connectivity index (χ2v) is 3.96. The summed E-state index contributed by atoms with van der Waals surface area (Å²) in [7, 11) is 0. The summed E-state index contributed by atoms with van der Waals surface area (Å²) in [5.41, 5.74) is 3.16. The largest absolute Gasteiger partial charge is 0.271 e. The molecule has 2 nitrogen and oxygen atoms in total. The molecule has 0 amide bonds. The van der Waals surface area contributed by atoms with Crippen LogP contribution in [0.2, 0.25) is 5.02 Å². The van der Waals surface area contributed by atoms with Gasteiger partial charge in [-0.2, -0.15) is 0 Å². The van der Waals surface area contributed by atoms with E-state index in [9.17, 15) is 4.39 Å². The Morgan fingerprint density at radius 2 is 2.27 bits per heavy atom. The van der Waals surface area contributed by atoms with Gasteiger partial charge in [0.2, 0.25) is 0 Å². The van der Waals surface area contributed by atoms with Crippen LogP contribution in [0.1, 0.15) is 37.8 Å². The molecule has 0 aliphatic carbocycles. The van der Waals surface area contributed by atoms with Gasteiger partial charge in [0.25, 0.3) is 0 Å². The number of nitrogens with one attached hydrogen (secondary N) is 1. The van der Waals surface area contributed by atoms with Crippen molar-refractivity contribution in [1.82, 2.24) is 5.43 Å². The van der Waals surface area contributed by atoms with Gasteiger partial charge in [-0.05, 0) is 24.6 Å². The molecule has 4 heteroatoms. The van der Waals surface area contributed by atoms with E-state index in [1.54, 1.807) is 6.07 Å². The van der Waals surface area contributed by atoms with Crippen molar-refractivity contribution >= 4 is 11.6 Å². The van der Waals surface area contributed by atoms with Crippen molar-refractivity contribution in [3.63, 3.8) is 0 Å². The first-order valence-corrected chi connectivity index (χ1v) is 5.48. The Labute approximate surface area is 94.6 Å². The molecule has 0 aliphatic heterocycles. The maximum Gasteiger partial charge on any atom is 0.128 e. The molecule has 0 heterocycles. The molecule has 0 aliphatic rings. The van der Waals surface area contributed by atoms with E-state index in [2.05, 4.69) is 12.3 Å². The number of unbranched alkanes of at least 4 members (excludes halogenated alkanes) is 1. The maximum absolute atomic E-state index is 13.5. The van der Waals surface area contributed by atoms with Crippen LogP contribution in [-0.2, 0) is 0 Å². The summed E-state index contributed by atoms with van der Waals surface area (Å²) in [4.78, 5) is 0. The van der Waals surface area contributed by atoms with Crippen molar-refractivity contribution in [2.45, 2.75) is 32.2 Å². The fourth-order valence-electron chi connectivity index (χ4n) is 1.52. The van der Waals surface area contributed by atoms with Crippen LogP contribution in [0.4, 0.5) is 4.39 Å². The molecule has 0 spiro atoms. The molecule has 3 N–H and O–H groups in total. The highest BCUT2D eigenvalue weighted by atomic mass is 35.5. The van der Waals surface area contributed by atoms with E-state index in [4.69, 9.17) is 17.4 Å². The number of benzene rings is 1. The lowest BCUT2D eigenvalue weighted by atomic mass is 10.0. The van der Waals surface area contributed by atoms with Crippen molar-refractivity contribution in [2.75, 3.05) is 0 Å². The third-order valence-electron chi connectivity index (χ3n) is 2.38. The average molecular weight is 231 g/mol. The highest BCUT2D eigenvalue weighted by Crippen LogP contribution is 2.24. The van der Waals surface area contributed by atoms with E-state index in [0.29, 0.717) is 10.6 Å². The standard InChI is InChI=1S/C11H16ClFN2/c1-2-3-4-11(15-14)9-7-8(12)5-6-10(9)13/h5-7,11,15H,2-4,14H2,1H3. The van der Waals surface area contributed by atoms with E-state index in [1.165, 1.54) is 12.1 Å². The molecule has 0 saturated carbocycles. The SMILES string of the molecule is CCCCC(NN)c1cc(Cl)ccc1F. The van der Waals surface area contributed by atoms with Crippen molar-refractivity contribution in [3.8, 4) is 0 Å². The molecule has 1 aromatic rings. The van der Waals surface area contributed by atoms with Crippen LogP contribution in [-0.4, -0.2) is 0 Å². The molecule has 1 atom stereocenters. The molecular weight excluding hydrogens is 215 g/mol. The third kappa shape index (κ3) is 3.45. The van der Waals surface area contributed by atoms with E-state index >= 15 is 0 Å². The Balaban J connectivity index is 2.85. The number of hydrazine groups is 1. The maximum atomic E-state index is 13.5. The second kappa shape index (κ2) is 6.05. The fraction of sp³-hybridized carbons (Fsp3) is 0.455. The first-order chi connectivity index (χ1) is 7.19. The Morgan fingerprint density at radius 3 is 2.87 bits per heavy atom. The number of nitrogens with two attached hydrogens (primary N) is 1. The summed E-state index contributed by atoms with van der Waals surface area (Å²) < 4.78 is 13.5. The topological polar surface area (TPSA) is 38.0 Å². The summed E-state index contributed by atoms with van der Waals surface area (Å²) in [6, 6.07) is 4.36. The van der Waals surface area contributed by atoms with Crippen molar-refractivity contribution in [3.05, 3.63) is 34.6 Å². The minimum Gasteiger partial charge on any atom is -0.271 e. The van der Waals surface area contributed by atoms with Crippen LogP contribution < -0.4 is 11.3 Å². The minimum atomic E-state index is -0.265. The van der Waals surface area contributed by atoms with Gasteiger partial charge in [0, 0.05) is 16.6 Å². The summed E-state index contributed by atoms with van der Waals surface area (Å²) in [6.07, 6.45) is 2.87. The van der Waals surface area contributed by atoms with E-state index in [-0.39, 0.29) is 11.9 Å². The first-order valence-electron chi connectivity index (χ1n) is 5.10. The van der Waals surface area contributed by atoms with Gasteiger partial charge in [0.15, 0.2) is 0 Å². The molecule has 0 aromatic heterocycles. The Bertz CT molecular complexity index is 317. The van der Waals surface area contributed by atoms with Crippen molar-refractivity contribution in [1.29, 1.82) is 0 Å². The van der Waals surface area contributed by atoms with Crippen molar-refractivity contribution in [2.24, 2.45) is 5.84 Å². The van der Waals surface area contributed by atoms with Gasteiger partial charge in [-0.3, -0.25) is 11.3 Å². The zero-order valence-electron chi connectivity index (χ0n) is 8.76. The molecular formula is C11H16ClFN2. The Hall–Kier alpha value is -0.640. The van der Waals surface area contributed by atoms with Crippen LogP contribution in [0.25, 0.3) is 0 Å². The number of halogens is 2. The second-order valence-electron chi connectivity index (χ2n) is 3.53. The summed E-state index contributed by atoms with van der Waals surface area (Å²) in [6.45, 7) is 2.09. The normalized spacial score (nSPS) is 12.8. The summed E-state index contributed by atoms with van der Waals surface area (Å²) in [5.74, 6) is 5.14. The Morgan fingerprint density at radius 1 is 1.53 bits per heavy atom. The quantitative estimate of drug-likeness (QED) is 0.602. The molecule has 1 aromatic carbocycles. The van der Waals surface area contributed by atoms with E-state index < -0.39 is 0 Å². The summed E-state index contributed by atoms with van der Waals surface area (Å²) in [5, 5.41) is 0.531. The predicted octanol–water partition coefficient (Wildman–Crippen LogP) is 3.17. The lowest BCUT2D eigenvalue weighted by Gasteiger charge is -2.16. The Kier molecular flexibility index (Phi) is 5.02. The van der Waals surface area contributed by atoms with E-state index in [1.807, 2.05) is 0 Å². The van der Waals surface area contributed by atoms with Crippen LogP contribution in [0, 0.1) is 5.82 Å². The average Bonchev–Trinajstić information content (AvgIpc) is 2.24. The van der Waals surface area contributed by atoms with Gasteiger partial charge in [0.05, 0.1) is 0 Å². The number of hydrogen-bond donors (Lipinski definition) is 2. The lowest BCUT2D eigenvalue weighted by molar-refractivity contribution is 0.470. The monoisotopic (exact) mass is 230 g/mol. The van der Waals surface area contributed by atoms with Crippen LogP contribution in [0.15, 0.2) is 18.2 Å². The molecule has 0 bridgehead atoms. The number of rotatable bonds is 5. The van der Waals surface area contributed by atoms with Gasteiger partial charge >= 0.3 is 0 Å². The zero-order chi connectivity index (χ0) is 11.3. The summed E-state index contributed by atoms with van der Waals surface area (Å²) >= 11 is 5.82. The zero-order valence-corrected chi connectivity index (χ0v) is 9.52. The predicted molar refractivity (Wildman–Crippen MR) is 61.0 cm³/mol. The van der Waals surface area contributed by atoms with E-state index in [0.717, 1.165) is 19.3 Å².